The lowest BCUT2D eigenvalue weighted by molar-refractivity contribution is 1.00. The normalized spacial score (nSPS) is 10.6. The summed E-state index contributed by atoms with van der Waals surface area (Å²) in [5.41, 5.74) is 2.14. The number of hydrogen-bond donors (Lipinski definition) is 1. The molecule has 0 unspecified atom stereocenters. The van der Waals surface area contributed by atoms with Gasteiger partial charge in [0.25, 0.3) is 0 Å². The van der Waals surface area contributed by atoms with Crippen LogP contribution in [0.25, 0.3) is 0 Å². The Labute approximate surface area is 76.9 Å². The van der Waals surface area contributed by atoms with Crippen molar-refractivity contribution in [2.75, 3.05) is 7.05 Å². The zero-order chi connectivity index (χ0) is 9.98. The minimum atomic E-state index is 1.06. The Morgan fingerprint density at radius 1 is 1.33 bits per heavy atom. The fourth-order valence-corrected chi connectivity index (χ4v) is 0.631. The van der Waals surface area contributed by atoms with Crippen LogP contribution in [0.15, 0.2) is 36.1 Å². The predicted molar refractivity (Wildman–Crippen MR) is 58.1 cm³/mol. The van der Waals surface area contributed by atoms with E-state index in [9.17, 15) is 0 Å². The van der Waals surface area contributed by atoms with Crippen molar-refractivity contribution in [3.63, 3.8) is 0 Å². The SMILES string of the molecule is C=C(C)/C(=C\C=C/C)NC.CC. The maximum atomic E-state index is 3.81. The van der Waals surface area contributed by atoms with E-state index in [4.69, 9.17) is 0 Å². The van der Waals surface area contributed by atoms with Crippen LogP contribution < -0.4 is 5.32 Å². The molecular weight excluding hydrogens is 146 g/mol. The first-order valence-corrected chi connectivity index (χ1v) is 4.39. The lowest BCUT2D eigenvalue weighted by atomic mass is 10.2. The minimum absolute atomic E-state index is 1.06. The van der Waals surface area contributed by atoms with E-state index in [0.717, 1.165) is 11.3 Å². The molecule has 0 heterocycles. The van der Waals surface area contributed by atoms with Crippen LogP contribution in [0.4, 0.5) is 0 Å². The zero-order valence-corrected chi connectivity index (χ0v) is 8.94. The van der Waals surface area contributed by atoms with Crippen LogP contribution in [-0.2, 0) is 0 Å². The summed E-state index contributed by atoms with van der Waals surface area (Å²) in [5, 5.41) is 3.05. The Balaban J connectivity index is 0. The highest BCUT2D eigenvalue weighted by Gasteiger charge is 1.88. The molecule has 0 aromatic heterocycles. The van der Waals surface area contributed by atoms with Gasteiger partial charge in [0.1, 0.15) is 0 Å². The lowest BCUT2D eigenvalue weighted by Crippen LogP contribution is -2.05. The Bertz CT molecular complexity index is 164. The monoisotopic (exact) mass is 167 g/mol. The van der Waals surface area contributed by atoms with Gasteiger partial charge in [0.2, 0.25) is 0 Å². The Kier molecular flexibility index (Phi) is 11.4. The van der Waals surface area contributed by atoms with Crippen LogP contribution in [0.5, 0.6) is 0 Å². The van der Waals surface area contributed by atoms with Crippen molar-refractivity contribution in [1.29, 1.82) is 0 Å². The molecule has 0 aromatic carbocycles. The summed E-state index contributed by atoms with van der Waals surface area (Å²) < 4.78 is 0. The fraction of sp³-hybridized carbons (Fsp3) is 0.455. The van der Waals surface area contributed by atoms with E-state index in [0.29, 0.717) is 0 Å². The van der Waals surface area contributed by atoms with Crippen molar-refractivity contribution in [2.45, 2.75) is 27.7 Å². The second-order valence-corrected chi connectivity index (χ2v) is 2.14. The maximum Gasteiger partial charge on any atom is 0.0361 e. The van der Waals surface area contributed by atoms with Crippen LogP contribution in [-0.4, -0.2) is 7.05 Å². The molecule has 0 aliphatic carbocycles. The molecule has 0 spiro atoms. The molecule has 70 valence electrons. The second kappa shape index (κ2) is 10.0. The number of allylic oxidation sites excluding steroid dienone is 4. The van der Waals surface area contributed by atoms with Crippen LogP contribution in [0.2, 0.25) is 0 Å². The van der Waals surface area contributed by atoms with Crippen molar-refractivity contribution in [3.8, 4) is 0 Å². The average Bonchev–Trinajstić information content (AvgIpc) is 2.09. The van der Waals surface area contributed by atoms with Gasteiger partial charge in [-0.2, -0.15) is 0 Å². The largest absolute Gasteiger partial charge is 0.388 e. The third kappa shape index (κ3) is 7.13. The molecule has 0 bridgehead atoms. The van der Waals surface area contributed by atoms with Gasteiger partial charge < -0.3 is 5.32 Å². The number of likely N-dealkylation sites (N-methyl/N-ethyl adjacent to an activating group) is 1. The van der Waals surface area contributed by atoms with E-state index in [1.54, 1.807) is 0 Å². The summed E-state index contributed by atoms with van der Waals surface area (Å²) in [7, 11) is 1.89. The zero-order valence-electron chi connectivity index (χ0n) is 8.94. The molecular formula is C11H21N. The third-order valence-corrected chi connectivity index (χ3v) is 1.18. The van der Waals surface area contributed by atoms with Crippen molar-refractivity contribution in [3.05, 3.63) is 36.1 Å². The maximum absolute atomic E-state index is 3.81. The van der Waals surface area contributed by atoms with Crippen molar-refractivity contribution in [2.24, 2.45) is 0 Å². The van der Waals surface area contributed by atoms with E-state index < -0.39 is 0 Å². The Morgan fingerprint density at radius 2 is 1.83 bits per heavy atom. The van der Waals surface area contributed by atoms with Crippen molar-refractivity contribution < 1.29 is 0 Å². The number of hydrogen-bond acceptors (Lipinski definition) is 1. The molecule has 0 aliphatic rings. The van der Waals surface area contributed by atoms with Gasteiger partial charge in [-0.1, -0.05) is 32.6 Å². The summed E-state index contributed by atoms with van der Waals surface area (Å²) in [6, 6.07) is 0. The van der Waals surface area contributed by atoms with Gasteiger partial charge in [0, 0.05) is 12.7 Å². The van der Waals surface area contributed by atoms with E-state index in [2.05, 4.69) is 11.9 Å². The van der Waals surface area contributed by atoms with E-state index in [-0.39, 0.29) is 0 Å². The molecule has 0 fully saturated rings. The second-order valence-electron chi connectivity index (χ2n) is 2.14. The molecule has 1 heteroatoms. The van der Waals surface area contributed by atoms with Crippen LogP contribution in [0.1, 0.15) is 27.7 Å². The lowest BCUT2D eigenvalue weighted by Gasteiger charge is -2.02. The highest BCUT2D eigenvalue weighted by Crippen LogP contribution is 2.00. The molecule has 0 radical (unpaired) electrons. The van der Waals surface area contributed by atoms with Crippen LogP contribution >= 0.6 is 0 Å². The smallest absolute Gasteiger partial charge is 0.0361 e. The van der Waals surface area contributed by atoms with E-state index >= 15 is 0 Å². The highest BCUT2D eigenvalue weighted by atomic mass is 14.8. The molecule has 0 saturated heterocycles. The summed E-state index contributed by atoms with van der Waals surface area (Å²) in [5.74, 6) is 0. The first kappa shape index (κ1) is 13.6. The first-order chi connectivity index (χ1) is 5.72. The van der Waals surface area contributed by atoms with Crippen LogP contribution in [0.3, 0.4) is 0 Å². The van der Waals surface area contributed by atoms with Crippen molar-refractivity contribution >= 4 is 0 Å². The molecule has 0 rings (SSSR count). The predicted octanol–water partition coefficient (Wildman–Crippen LogP) is 3.27. The van der Waals surface area contributed by atoms with Gasteiger partial charge in [-0.3, -0.25) is 0 Å². The summed E-state index contributed by atoms with van der Waals surface area (Å²) >= 11 is 0. The minimum Gasteiger partial charge on any atom is -0.388 e. The molecule has 0 amide bonds. The molecule has 1 N–H and O–H groups in total. The fourth-order valence-electron chi connectivity index (χ4n) is 0.631. The van der Waals surface area contributed by atoms with E-state index in [1.807, 2.05) is 53.0 Å². The van der Waals surface area contributed by atoms with Gasteiger partial charge in [0.05, 0.1) is 0 Å². The molecule has 1 nitrogen and oxygen atoms in total. The standard InChI is InChI=1S/C9H15N.C2H6/c1-5-6-7-9(10-4)8(2)3;1-2/h5-7,10H,2H2,1,3-4H3;1-2H3/b6-5-,9-7+;. The summed E-state index contributed by atoms with van der Waals surface area (Å²) in [4.78, 5) is 0. The molecule has 0 aliphatic heterocycles. The Morgan fingerprint density at radius 3 is 2.08 bits per heavy atom. The Hall–Kier alpha value is -0.980. The van der Waals surface area contributed by atoms with Crippen molar-refractivity contribution in [1.82, 2.24) is 5.32 Å². The number of nitrogens with one attached hydrogen (secondary N) is 1. The summed E-state index contributed by atoms with van der Waals surface area (Å²) in [6.45, 7) is 11.8. The molecule has 0 saturated carbocycles. The first-order valence-electron chi connectivity index (χ1n) is 4.39. The van der Waals surface area contributed by atoms with Gasteiger partial charge in [0.15, 0.2) is 0 Å². The van der Waals surface area contributed by atoms with Gasteiger partial charge >= 0.3 is 0 Å². The van der Waals surface area contributed by atoms with Crippen LogP contribution in [0, 0.1) is 0 Å². The van der Waals surface area contributed by atoms with Gasteiger partial charge in [-0.25, -0.2) is 0 Å². The van der Waals surface area contributed by atoms with Gasteiger partial charge in [-0.05, 0) is 25.5 Å². The average molecular weight is 167 g/mol. The molecule has 12 heavy (non-hydrogen) atoms. The quantitative estimate of drug-likeness (QED) is 0.636. The van der Waals surface area contributed by atoms with Gasteiger partial charge in [-0.15, -0.1) is 0 Å². The summed E-state index contributed by atoms with van der Waals surface area (Å²) in [6.07, 6.45) is 5.98. The number of rotatable bonds is 3. The van der Waals surface area contributed by atoms with E-state index in [1.165, 1.54) is 0 Å². The molecule has 0 atom stereocenters. The topological polar surface area (TPSA) is 12.0 Å². The molecule has 0 aromatic rings. The highest BCUT2D eigenvalue weighted by molar-refractivity contribution is 5.27. The third-order valence-electron chi connectivity index (χ3n) is 1.18.